The molecule has 0 bridgehead atoms. The van der Waals surface area contributed by atoms with Gasteiger partial charge in [0, 0.05) is 81.8 Å². The summed E-state index contributed by atoms with van der Waals surface area (Å²) < 4.78 is 1.01. The number of hydrogen-bond donors (Lipinski definition) is 1. The van der Waals surface area contributed by atoms with Crippen LogP contribution in [0.2, 0.25) is 0 Å². The van der Waals surface area contributed by atoms with Gasteiger partial charge in [-0.1, -0.05) is 18.2 Å². The second-order valence-electron chi connectivity index (χ2n) is 7.90. The molecule has 4 rings (SSSR count). The first-order chi connectivity index (χ1) is 14.2. The minimum absolute atomic E-state index is 0.296. The zero-order valence-corrected chi connectivity index (χ0v) is 18.4. The fourth-order valence-corrected chi connectivity index (χ4v) is 4.43. The van der Waals surface area contributed by atoms with Crippen molar-refractivity contribution in [3.8, 4) is 0 Å². The van der Waals surface area contributed by atoms with Gasteiger partial charge in [0.1, 0.15) is 5.82 Å². The second-order valence-corrected chi connectivity index (χ2v) is 8.81. The lowest BCUT2D eigenvalue weighted by molar-refractivity contribution is 0.0697. The Morgan fingerprint density at radius 3 is 1.93 bits per heavy atom. The Labute approximate surface area is 181 Å². The summed E-state index contributed by atoms with van der Waals surface area (Å²) in [6, 6.07) is 14.7. The van der Waals surface area contributed by atoms with E-state index in [0.717, 1.165) is 75.7 Å². The molecule has 2 aromatic rings. The number of aliphatic hydroxyl groups is 1. The van der Waals surface area contributed by atoms with Gasteiger partial charge in [-0.2, -0.15) is 0 Å². The standard InChI is InChI=1S/C22H30BrN5O/c23-19-6-7-22(24-16-19)28-14-10-26(11-15-28)18-21(29)17-25-8-12-27(13-9-25)20-4-2-1-3-5-20/h1-7,16,21,29H,8-15,17-18H2. The molecule has 7 heteroatoms. The van der Waals surface area contributed by atoms with Crippen LogP contribution in [0.4, 0.5) is 11.5 Å². The highest BCUT2D eigenvalue weighted by Gasteiger charge is 2.23. The van der Waals surface area contributed by atoms with Crippen molar-refractivity contribution in [1.29, 1.82) is 0 Å². The Balaban J connectivity index is 1.17. The number of β-amino-alcohol motifs (C(OH)–C–C–N with tert-alkyl or cyclic N) is 1. The van der Waals surface area contributed by atoms with Crippen molar-refractivity contribution in [1.82, 2.24) is 14.8 Å². The smallest absolute Gasteiger partial charge is 0.128 e. The fraction of sp³-hybridized carbons (Fsp3) is 0.500. The van der Waals surface area contributed by atoms with E-state index in [1.807, 2.05) is 12.3 Å². The minimum atomic E-state index is -0.296. The molecule has 156 valence electrons. The van der Waals surface area contributed by atoms with Crippen LogP contribution in [-0.4, -0.2) is 91.4 Å². The van der Waals surface area contributed by atoms with Crippen molar-refractivity contribution >= 4 is 27.4 Å². The summed E-state index contributed by atoms with van der Waals surface area (Å²) in [5, 5.41) is 10.6. The van der Waals surface area contributed by atoms with Gasteiger partial charge in [-0.15, -0.1) is 0 Å². The summed E-state index contributed by atoms with van der Waals surface area (Å²) in [4.78, 5) is 14.0. The van der Waals surface area contributed by atoms with Crippen LogP contribution in [0.3, 0.4) is 0 Å². The summed E-state index contributed by atoms with van der Waals surface area (Å²) in [5.41, 5.74) is 1.30. The van der Waals surface area contributed by atoms with Crippen molar-refractivity contribution < 1.29 is 5.11 Å². The van der Waals surface area contributed by atoms with Gasteiger partial charge in [-0.3, -0.25) is 9.80 Å². The molecule has 0 spiro atoms. The molecular weight excluding hydrogens is 430 g/mol. The molecule has 0 radical (unpaired) electrons. The van der Waals surface area contributed by atoms with Crippen molar-refractivity contribution in [2.24, 2.45) is 0 Å². The number of piperazine rings is 2. The zero-order valence-electron chi connectivity index (χ0n) is 16.8. The van der Waals surface area contributed by atoms with E-state index in [9.17, 15) is 5.11 Å². The number of nitrogens with zero attached hydrogens (tertiary/aromatic N) is 5. The molecule has 0 aliphatic carbocycles. The molecule has 2 fully saturated rings. The van der Waals surface area contributed by atoms with E-state index in [-0.39, 0.29) is 6.10 Å². The quantitative estimate of drug-likeness (QED) is 0.713. The predicted octanol–water partition coefficient (Wildman–Crippen LogP) is 2.15. The Morgan fingerprint density at radius 1 is 0.793 bits per heavy atom. The molecule has 1 unspecified atom stereocenters. The summed E-state index contributed by atoms with van der Waals surface area (Å²) in [5.74, 6) is 1.03. The molecule has 0 saturated carbocycles. The molecular formula is C22H30BrN5O. The molecule has 0 amide bonds. The minimum Gasteiger partial charge on any atom is -0.390 e. The van der Waals surface area contributed by atoms with E-state index in [2.05, 4.69) is 76.9 Å². The Morgan fingerprint density at radius 2 is 1.38 bits per heavy atom. The lowest BCUT2D eigenvalue weighted by atomic mass is 10.2. The van der Waals surface area contributed by atoms with E-state index in [1.54, 1.807) is 0 Å². The number of anilines is 2. The van der Waals surface area contributed by atoms with Gasteiger partial charge in [0.05, 0.1) is 6.10 Å². The summed E-state index contributed by atoms with van der Waals surface area (Å²) >= 11 is 3.44. The molecule has 3 heterocycles. The molecule has 1 atom stereocenters. The van der Waals surface area contributed by atoms with Crippen LogP contribution in [0.5, 0.6) is 0 Å². The highest BCUT2D eigenvalue weighted by molar-refractivity contribution is 9.10. The van der Waals surface area contributed by atoms with Crippen LogP contribution in [-0.2, 0) is 0 Å². The predicted molar refractivity (Wildman–Crippen MR) is 122 cm³/mol. The lowest BCUT2D eigenvalue weighted by Gasteiger charge is -2.39. The van der Waals surface area contributed by atoms with Gasteiger partial charge >= 0.3 is 0 Å². The van der Waals surface area contributed by atoms with Crippen LogP contribution in [0.15, 0.2) is 53.1 Å². The fourth-order valence-electron chi connectivity index (χ4n) is 4.20. The number of pyridine rings is 1. The van der Waals surface area contributed by atoms with Gasteiger partial charge < -0.3 is 14.9 Å². The molecule has 2 saturated heterocycles. The topological polar surface area (TPSA) is 46.1 Å². The number of halogens is 1. The van der Waals surface area contributed by atoms with Crippen molar-refractivity contribution in [2.75, 3.05) is 75.2 Å². The average Bonchev–Trinajstić information content (AvgIpc) is 2.76. The summed E-state index contributed by atoms with van der Waals surface area (Å²) in [7, 11) is 0. The van der Waals surface area contributed by atoms with Gasteiger partial charge in [-0.05, 0) is 40.2 Å². The first kappa shape index (κ1) is 20.6. The third-order valence-corrected chi connectivity index (χ3v) is 6.31. The number of benzene rings is 1. The Bertz CT molecular complexity index is 744. The zero-order chi connectivity index (χ0) is 20.1. The van der Waals surface area contributed by atoms with Crippen molar-refractivity contribution in [2.45, 2.75) is 6.10 Å². The maximum atomic E-state index is 10.6. The van der Waals surface area contributed by atoms with Crippen LogP contribution >= 0.6 is 15.9 Å². The Kier molecular flexibility index (Phi) is 7.02. The molecule has 1 aromatic carbocycles. The highest BCUT2D eigenvalue weighted by Crippen LogP contribution is 2.18. The first-order valence-electron chi connectivity index (χ1n) is 10.5. The van der Waals surface area contributed by atoms with Gasteiger partial charge in [0.2, 0.25) is 0 Å². The molecule has 1 N–H and O–H groups in total. The Hall–Kier alpha value is -1.67. The van der Waals surface area contributed by atoms with Crippen LogP contribution in [0.25, 0.3) is 0 Å². The van der Waals surface area contributed by atoms with Crippen LogP contribution in [0.1, 0.15) is 0 Å². The van der Waals surface area contributed by atoms with E-state index in [4.69, 9.17) is 0 Å². The maximum Gasteiger partial charge on any atom is 0.128 e. The molecule has 29 heavy (non-hydrogen) atoms. The SMILES string of the molecule is OC(CN1CCN(c2ccccc2)CC1)CN1CCN(c2ccc(Br)cn2)CC1. The normalized spacial score (nSPS) is 20.1. The first-order valence-corrected chi connectivity index (χ1v) is 11.3. The van der Waals surface area contributed by atoms with E-state index < -0.39 is 0 Å². The third kappa shape index (κ3) is 5.69. The molecule has 2 aliphatic rings. The second kappa shape index (κ2) is 9.89. The van der Waals surface area contributed by atoms with Gasteiger partial charge in [0.25, 0.3) is 0 Å². The number of aromatic nitrogens is 1. The summed E-state index contributed by atoms with van der Waals surface area (Å²) in [6.07, 6.45) is 1.55. The van der Waals surface area contributed by atoms with Crippen molar-refractivity contribution in [3.05, 3.63) is 53.1 Å². The average molecular weight is 460 g/mol. The lowest BCUT2D eigenvalue weighted by Crippen LogP contribution is -2.52. The van der Waals surface area contributed by atoms with E-state index >= 15 is 0 Å². The number of hydrogen-bond acceptors (Lipinski definition) is 6. The third-order valence-electron chi connectivity index (χ3n) is 5.84. The highest BCUT2D eigenvalue weighted by atomic mass is 79.9. The summed E-state index contributed by atoms with van der Waals surface area (Å²) in [6.45, 7) is 9.42. The largest absolute Gasteiger partial charge is 0.390 e. The van der Waals surface area contributed by atoms with E-state index in [1.165, 1.54) is 5.69 Å². The van der Waals surface area contributed by atoms with Gasteiger partial charge in [-0.25, -0.2) is 4.98 Å². The molecule has 1 aromatic heterocycles. The van der Waals surface area contributed by atoms with Gasteiger partial charge in [0.15, 0.2) is 0 Å². The number of para-hydroxylation sites is 1. The molecule has 2 aliphatic heterocycles. The molecule has 6 nitrogen and oxygen atoms in total. The maximum absolute atomic E-state index is 10.6. The number of rotatable bonds is 6. The van der Waals surface area contributed by atoms with E-state index in [0.29, 0.717) is 0 Å². The van der Waals surface area contributed by atoms with Crippen LogP contribution in [0, 0.1) is 0 Å². The van der Waals surface area contributed by atoms with Crippen LogP contribution < -0.4 is 9.80 Å². The number of aliphatic hydroxyl groups excluding tert-OH is 1. The monoisotopic (exact) mass is 459 g/mol. The van der Waals surface area contributed by atoms with Crippen molar-refractivity contribution in [3.63, 3.8) is 0 Å².